The van der Waals surface area contributed by atoms with Gasteiger partial charge in [0.15, 0.2) is 0 Å². The molecule has 15 heavy (non-hydrogen) atoms. The van der Waals surface area contributed by atoms with Crippen molar-refractivity contribution in [1.29, 1.82) is 0 Å². The lowest BCUT2D eigenvalue weighted by atomic mass is 9.74. The molecule has 3 N–H and O–H groups in total. The number of carbonyl (C=O) groups excluding carboxylic acids is 1. The van der Waals surface area contributed by atoms with Crippen LogP contribution >= 0.6 is 0 Å². The fourth-order valence-electron chi connectivity index (χ4n) is 1.83. The van der Waals surface area contributed by atoms with Gasteiger partial charge in [-0.05, 0) is 11.8 Å². The van der Waals surface area contributed by atoms with Crippen molar-refractivity contribution in [1.82, 2.24) is 5.32 Å². The maximum absolute atomic E-state index is 11.2. The second kappa shape index (κ2) is 4.97. The zero-order valence-electron chi connectivity index (χ0n) is 11.0. The van der Waals surface area contributed by atoms with Crippen molar-refractivity contribution in [2.24, 2.45) is 16.6 Å². The molecule has 0 aliphatic carbocycles. The highest BCUT2D eigenvalue weighted by Gasteiger charge is 2.32. The van der Waals surface area contributed by atoms with Crippen LogP contribution in [0.1, 0.15) is 48.0 Å². The number of carbonyl (C=O) groups is 1. The molecule has 1 amide bonds. The Balaban J connectivity index is 4.30. The summed E-state index contributed by atoms with van der Waals surface area (Å²) in [5, 5.41) is 3.40. The highest BCUT2D eigenvalue weighted by Crippen LogP contribution is 2.32. The molecule has 0 aromatic rings. The number of rotatable bonds is 6. The monoisotopic (exact) mass is 214 g/mol. The Labute approximate surface area is 93.8 Å². The first-order chi connectivity index (χ1) is 6.57. The summed E-state index contributed by atoms with van der Waals surface area (Å²) in [6, 6.07) is 0.473. The molecule has 0 unspecified atom stereocenters. The minimum Gasteiger partial charge on any atom is -0.369 e. The van der Waals surface area contributed by atoms with E-state index in [1.807, 2.05) is 13.8 Å². The van der Waals surface area contributed by atoms with Gasteiger partial charge in [-0.1, -0.05) is 41.5 Å². The van der Waals surface area contributed by atoms with E-state index in [1.165, 1.54) is 0 Å². The van der Waals surface area contributed by atoms with E-state index >= 15 is 0 Å². The third-order valence-corrected chi connectivity index (χ3v) is 2.58. The summed E-state index contributed by atoms with van der Waals surface area (Å²) in [7, 11) is 0. The summed E-state index contributed by atoms with van der Waals surface area (Å²) in [5.41, 5.74) is 5.03. The van der Waals surface area contributed by atoms with Crippen LogP contribution in [0.15, 0.2) is 0 Å². The summed E-state index contributed by atoms with van der Waals surface area (Å²) < 4.78 is 0. The van der Waals surface area contributed by atoms with E-state index in [9.17, 15) is 4.79 Å². The molecule has 0 rings (SSSR count). The van der Waals surface area contributed by atoms with Gasteiger partial charge >= 0.3 is 0 Å². The van der Waals surface area contributed by atoms with Crippen LogP contribution < -0.4 is 11.1 Å². The fourth-order valence-corrected chi connectivity index (χ4v) is 1.83. The largest absolute Gasteiger partial charge is 0.369 e. The van der Waals surface area contributed by atoms with Crippen molar-refractivity contribution in [2.75, 3.05) is 6.54 Å². The highest BCUT2D eigenvalue weighted by atomic mass is 16.1. The maximum atomic E-state index is 11.2. The smallest absolute Gasteiger partial charge is 0.223 e. The molecule has 3 heteroatoms. The highest BCUT2D eigenvalue weighted by molar-refractivity contribution is 5.79. The fraction of sp³-hybridized carbons (Fsp3) is 0.917. The first-order valence-electron chi connectivity index (χ1n) is 5.60. The average molecular weight is 214 g/mol. The Bertz CT molecular complexity index is 220. The molecule has 0 heterocycles. The van der Waals surface area contributed by atoms with Crippen molar-refractivity contribution in [3.8, 4) is 0 Å². The predicted octanol–water partition coefficient (Wildman–Crippen LogP) is 1.91. The molecule has 0 aromatic heterocycles. The molecule has 0 atom stereocenters. The summed E-state index contributed by atoms with van der Waals surface area (Å²) in [6.45, 7) is 13.3. The maximum Gasteiger partial charge on any atom is 0.223 e. The van der Waals surface area contributed by atoms with E-state index in [-0.39, 0.29) is 11.3 Å². The van der Waals surface area contributed by atoms with E-state index in [2.05, 4.69) is 33.0 Å². The van der Waals surface area contributed by atoms with Crippen LogP contribution in [0.4, 0.5) is 0 Å². The standard InChI is InChI=1S/C12H26N2O/c1-9(2)14-8-11(3,4)7-12(5,6)10(13)15/h9,14H,7-8H2,1-6H3,(H2,13,15). The minimum atomic E-state index is -0.428. The molecule has 0 spiro atoms. The van der Waals surface area contributed by atoms with Gasteiger partial charge in [0.05, 0.1) is 0 Å². The van der Waals surface area contributed by atoms with Crippen LogP contribution in [0.5, 0.6) is 0 Å². The number of amides is 1. The second-order valence-corrected chi connectivity index (χ2v) is 6.12. The van der Waals surface area contributed by atoms with Gasteiger partial charge < -0.3 is 11.1 Å². The molecule has 3 nitrogen and oxygen atoms in total. The number of hydrogen-bond acceptors (Lipinski definition) is 2. The van der Waals surface area contributed by atoms with Gasteiger partial charge in [-0.2, -0.15) is 0 Å². The predicted molar refractivity (Wildman–Crippen MR) is 64.5 cm³/mol. The van der Waals surface area contributed by atoms with Crippen LogP contribution in [-0.2, 0) is 4.79 Å². The van der Waals surface area contributed by atoms with Gasteiger partial charge in [0.2, 0.25) is 5.91 Å². The van der Waals surface area contributed by atoms with E-state index < -0.39 is 5.41 Å². The van der Waals surface area contributed by atoms with Gasteiger partial charge in [0.25, 0.3) is 0 Å². The lowest BCUT2D eigenvalue weighted by molar-refractivity contribution is -0.127. The summed E-state index contributed by atoms with van der Waals surface area (Å²) in [5.74, 6) is -0.222. The quantitative estimate of drug-likeness (QED) is 0.709. The second-order valence-electron chi connectivity index (χ2n) is 6.12. The summed E-state index contributed by atoms with van der Waals surface area (Å²) >= 11 is 0. The van der Waals surface area contributed by atoms with Gasteiger partial charge in [0, 0.05) is 18.0 Å². The molecule has 0 saturated heterocycles. The van der Waals surface area contributed by atoms with E-state index in [0.29, 0.717) is 6.04 Å². The zero-order valence-corrected chi connectivity index (χ0v) is 11.0. The lowest BCUT2D eigenvalue weighted by Gasteiger charge is -2.33. The van der Waals surface area contributed by atoms with Crippen LogP contribution in [0.3, 0.4) is 0 Å². The first-order valence-corrected chi connectivity index (χ1v) is 5.60. The Morgan fingerprint density at radius 1 is 1.27 bits per heavy atom. The van der Waals surface area contributed by atoms with E-state index in [0.717, 1.165) is 13.0 Å². The number of nitrogens with two attached hydrogens (primary N) is 1. The molecule has 0 fully saturated rings. The van der Waals surface area contributed by atoms with Gasteiger partial charge in [-0.15, -0.1) is 0 Å². The van der Waals surface area contributed by atoms with Crippen LogP contribution in [0, 0.1) is 10.8 Å². The van der Waals surface area contributed by atoms with Crippen LogP contribution in [0.2, 0.25) is 0 Å². The van der Waals surface area contributed by atoms with Gasteiger partial charge in [-0.3, -0.25) is 4.79 Å². The Morgan fingerprint density at radius 3 is 2.07 bits per heavy atom. The molecule has 0 aliphatic heterocycles. The van der Waals surface area contributed by atoms with E-state index in [1.54, 1.807) is 0 Å². The van der Waals surface area contributed by atoms with Crippen LogP contribution in [0.25, 0.3) is 0 Å². The molecule has 0 radical (unpaired) electrons. The van der Waals surface area contributed by atoms with Crippen molar-refractivity contribution >= 4 is 5.91 Å². The molecule has 0 aliphatic rings. The third kappa shape index (κ3) is 5.78. The van der Waals surface area contributed by atoms with Crippen molar-refractivity contribution < 1.29 is 4.79 Å². The first kappa shape index (κ1) is 14.4. The Morgan fingerprint density at radius 2 is 1.73 bits per heavy atom. The minimum absolute atomic E-state index is 0.0861. The normalized spacial score (nSPS) is 13.3. The Hall–Kier alpha value is -0.570. The van der Waals surface area contributed by atoms with Crippen molar-refractivity contribution in [2.45, 2.75) is 54.0 Å². The van der Waals surface area contributed by atoms with Crippen molar-refractivity contribution in [3.63, 3.8) is 0 Å². The lowest BCUT2D eigenvalue weighted by Crippen LogP contribution is -2.41. The summed E-state index contributed by atoms with van der Waals surface area (Å²) in [6.07, 6.45) is 0.801. The van der Waals surface area contributed by atoms with Crippen LogP contribution in [-0.4, -0.2) is 18.5 Å². The van der Waals surface area contributed by atoms with E-state index in [4.69, 9.17) is 5.73 Å². The Kier molecular flexibility index (Phi) is 4.78. The molecule has 0 bridgehead atoms. The molecular weight excluding hydrogens is 188 g/mol. The third-order valence-electron chi connectivity index (χ3n) is 2.58. The average Bonchev–Trinajstić information content (AvgIpc) is 1.99. The number of primary amides is 1. The van der Waals surface area contributed by atoms with Gasteiger partial charge in [-0.25, -0.2) is 0 Å². The topological polar surface area (TPSA) is 55.1 Å². The molecule has 0 saturated carbocycles. The zero-order chi connectivity index (χ0) is 12.3. The van der Waals surface area contributed by atoms with Crippen molar-refractivity contribution in [3.05, 3.63) is 0 Å². The molecule has 0 aromatic carbocycles. The number of hydrogen-bond donors (Lipinski definition) is 2. The molecular formula is C12H26N2O. The molecule has 90 valence electrons. The summed E-state index contributed by atoms with van der Waals surface area (Å²) in [4.78, 5) is 11.2. The SMILES string of the molecule is CC(C)NCC(C)(C)CC(C)(C)C(N)=O. The number of nitrogens with one attached hydrogen (secondary N) is 1. The van der Waals surface area contributed by atoms with Gasteiger partial charge in [0.1, 0.15) is 0 Å².